The number of nitrogens with zero attached hydrogens (tertiary/aromatic N) is 1. The number of imidazole rings is 1. The van der Waals surface area contributed by atoms with Crippen LogP contribution in [0.4, 0.5) is 0 Å². The summed E-state index contributed by atoms with van der Waals surface area (Å²) in [4.78, 5) is 8.18. The largest absolute Gasteiger partial charge is 0.342 e. The zero-order chi connectivity index (χ0) is 12.4. The Hall–Kier alpha value is -1.02. The number of hydrogen-bond acceptors (Lipinski definition) is 1. The van der Waals surface area contributed by atoms with Gasteiger partial charge in [-0.05, 0) is 25.0 Å². The number of aromatic amines is 1. The van der Waals surface area contributed by atoms with Crippen molar-refractivity contribution >= 4 is 22.6 Å². The van der Waals surface area contributed by atoms with Gasteiger partial charge in [0.05, 0.1) is 10.5 Å². The average molecular weight is 263 g/mol. The Morgan fingerprint density at radius 2 is 1.78 bits per heavy atom. The molecule has 1 fully saturated rings. The average Bonchev–Trinajstić information content (AvgIpc) is 2.73. The number of H-pyrrole nitrogens is 1. The number of para-hydroxylation sites is 1. The maximum Gasteiger partial charge on any atom is 0.110 e. The van der Waals surface area contributed by atoms with Gasteiger partial charge in [-0.15, -0.1) is 0 Å². The van der Waals surface area contributed by atoms with Gasteiger partial charge < -0.3 is 4.98 Å². The summed E-state index contributed by atoms with van der Waals surface area (Å²) in [5.74, 6) is 1.73. The van der Waals surface area contributed by atoms with Crippen LogP contribution < -0.4 is 0 Å². The van der Waals surface area contributed by atoms with Crippen LogP contribution >= 0.6 is 11.6 Å². The van der Waals surface area contributed by atoms with Crippen molar-refractivity contribution in [2.24, 2.45) is 0 Å². The first-order valence-corrected chi connectivity index (χ1v) is 7.36. The van der Waals surface area contributed by atoms with Gasteiger partial charge in [0.2, 0.25) is 0 Å². The van der Waals surface area contributed by atoms with Gasteiger partial charge in [-0.1, -0.05) is 49.8 Å². The highest BCUT2D eigenvalue weighted by molar-refractivity contribution is 6.34. The summed E-state index contributed by atoms with van der Waals surface area (Å²) in [5, 5.41) is 0.751. The molecule has 1 aliphatic carbocycles. The van der Waals surface area contributed by atoms with Crippen LogP contribution in [0.2, 0.25) is 5.02 Å². The number of hydrogen-bond donors (Lipinski definition) is 1. The molecule has 0 amide bonds. The highest BCUT2D eigenvalue weighted by Crippen LogP contribution is 2.31. The fraction of sp³-hybridized carbons (Fsp3) is 0.533. The maximum absolute atomic E-state index is 6.19. The third-order valence-corrected chi connectivity index (χ3v) is 4.28. The number of aromatic nitrogens is 2. The van der Waals surface area contributed by atoms with Gasteiger partial charge in [-0.25, -0.2) is 4.98 Å². The molecular weight excluding hydrogens is 244 g/mol. The topological polar surface area (TPSA) is 28.7 Å². The third-order valence-electron chi connectivity index (χ3n) is 3.97. The molecule has 0 saturated heterocycles. The highest BCUT2D eigenvalue weighted by atomic mass is 35.5. The van der Waals surface area contributed by atoms with Gasteiger partial charge in [-0.2, -0.15) is 0 Å². The molecule has 3 rings (SSSR count). The van der Waals surface area contributed by atoms with E-state index in [1.165, 1.54) is 44.9 Å². The van der Waals surface area contributed by atoms with Gasteiger partial charge in [0.15, 0.2) is 0 Å². The third kappa shape index (κ3) is 2.39. The lowest BCUT2D eigenvalue weighted by molar-refractivity contribution is 0.445. The van der Waals surface area contributed by atoms with E-state index in [0.717, 1.165) is 21.9 Å². The fourth-order valence-corrected chi connectivity index (χ4v) is 3.16. The standard InChI is InChI=1S/C15H19ClN2/c16-12-9-6-10-13-14(12)18-15(17-13)11-7-4-2-1-3-5-8-11/h6,9-11H,1-5,7-8H2,(H,17,18). The molecule has 2 aromatic rings. The molecule has 1 aromatic carbocycles. The molecule has 1 aromatic heterocycles. The van der Waals surface area contributed by atoms with Gasteiger partial charge in [0.25, 0.3) is 0 Å². The van der Waals surface area contributed by atoms with E-state index in [2.05, 4.69) is 11.1 Å². The number of rotatable bonds is 1. The molecule has 0 unspecified atom stereocenters. The first-order valence-electron chi connectivity index (χ1n) is 6.99. The molecule has 1 aliphatic rings. The predicted octanol–water partition coefficient (Wildman–Crippen LogP) is 5.04. The van der Waals surface area contributed by atoms with Gasteiger partial charge in [0, 0.05) is 5.92 Å². The summed E-state index contributed by atoms with van der Waals surface area (Å²) in [5.41, 5.74) is 2.00. The lowest BCUT2D eigenvalue weighted by atomic mass is 9.91. The summed E-state index contributed by atoms with van der Waals surface area (Å²) in [7, 11) is 0. The predicted molar refractivity (Wildman–Crippen MR) is 76.2 cm³/mol. The molecule has 0 spiro atoms. The molecular formula is C15H19ClN2. The number of fused-ring (bicyclic) bond motifs is 1. The second-order valence-corrected chi connectivity index (χ2v) is 5.71. The lowest BCUT2D eigenvalue weighted by Gasteiger charge is -2.17. The number of benzene rings is 1. The van der Waals surface area contributed by atoms with Crippen molar-refractivity contribution in [3.05, 3.63) is 29.0 Å². The van der Waals surface area contributed by atoms with Gasteiger partial charge in [0.1, 0.15) is 11.3 Å². The molecule has 1 N–H and O–H groups in total. The summed E-state index contributed by atoms with van der Waals surface area (Å²) >= 11 is 6.19. The van der Waals surface area contributed by atoms with Crippen LogP contribution in [0.25, 0.3) is 11.0 Å². The zero-order valence-corrected chi connectivity index (χ0v) is 11.3. The van der Waals surface area contributed by atoms with Crippen molar-refractivity contribution in [3.8, 4) is 0 Å². The molecule has 0 radical (unpaired) electrons. The Morgan fingerprint density at radius 3 is 2.50 bits per heavy atom. The van der Waals surface area contributed by atoms with E-state index in [1.807, 2.05) is 12.1 Å². The number of nitrogens with one attached hydrogen (secondary N) is 1. The first kappa shape index (κ1) is 12.0. The van der Waals surface area contributed by atoms with Gasteiger partial charge >= 0.3 is 0 Å². The van der Waals surface area contributed by atoms with E-state index >= 15 is 0 Å². The molecule has 1 saturated carbocycles. The quantitative estimate of drug-likeness (QED) is 0.766. The molecule has 1 heterocycles. The first-order chi connectivity index (χ1) is 8.84. The minimum absolute atomic E-state index is 0.591. The molecule has 0 atom stereocenters. The van der Waals surface area contributed by atoms with E-state index in [4.69, 9.17) is 16.6 Å². The summed E-state index contributed by atoms with van der Waals surface area (Å²) in [6.07, 6.45) is 9.33. The van der Waals surface area contributed by atoms with Gasteiger partial charge in [-0.3, -0.25) is 0 Å². The Kier molecular flexibility index (Phi) is 3.55. The van der Waals surface area contributed by atoms with Crippen molar-refractivity contribution in [1.82, 2.24) is 9.97 Å². The minimum Gasteiger partial charge on any atom is -0.342 e. The highest BCUT2D eigenvalue weighted by Gasteiger charge is 2.17. The zero-order valence-electron chi connectivity index (χ0n) is 10.6. The molecule has 96 valence electrons. The van der Waals surface area contributed by atoms with Crippen LogP contribution in [0.15, 0.2) is 18.2 Å². The SMILES string of the molecule is Clc1cccc2[nH]c(C3CCCCCCC3)nc12. The van der Waals surface area contributed by atoms with E-state index in [-0.39, 0.29) is 0 Å². The van der Waals surface area contributed by atoms with Crippen LogP contribution in [-0.2, 0) is 0 Å². The molecule has 3 heteroatoms. The minimum atomic E-state index is 0.591. The second-order valence-electron chi connectivity index (χ2n) is 5.30. The van der Waals surface area contributed by atoms with Crippen LogP contribution in [0.5, 0.6) is 0 Å². The van der Waals surface area contributed by atoms with Crippen LogP contribution in [0, 0.1) is 0 Å². The Bertz CT molecular complexity index is 524. The van der Waals surface area contributed by atoms with Crippen molar-refractivity contribution in [3.63, 3.8) is 0 Å². The Morgan fingerprint density at radius 1 is 1.06 bits per heavy atom. The maximum atomic E-state index is 6.19. The summed E-state index contributed by atoms with van der Waals surface area (Å²) in [6.45, 7) is 0. The lowest BCUT2D eigenvalue weighted by Crippen LogP contribution is -2.04. The van der Waals surface area contributed by atoms with E-state index in [1.54, 1.807) is 0 Å². The van der Waals surface area contributed by atoms with E-state index in [0.29, 0.717) is 5.92 Å². The fourth-order valence-electron chi connectivity index (χ4n) is 2.94. The van der Waals surface area contributed by atoms with Crippen molar-refractivity contribution in [1.29, 1.82) is 0 Å². The molecule has 0 bridgehead atoms. The monoisotopic (exact) mass is 262 g/mol. The molecule has 18 heavy (non-hydrogen) atoms. The summed E-state index contributed by atoms with van der Waals surface area (Å²) in [6, 6.07) is 5.94. The van der Waals surface area contributed by atoms with Crippen molar-refractivity contribution in [2.45, 2.75) is 50.9 Å². The Balaban J connectivity index is 1.90. The number of halogens is 1. The smallest absolute Gasteiger partial charge is 0.110 e. The molecule has 2 nitrogen and oxygen atoms in total. The van der Waals surface area contributed by atoms with Crippen LogP contribution in [0.3, 0.4) is 0 Å². The normalized spacial score (nSPS) is 18.7. The molecule has 0 aliphatic heterocycles. The van der Waals surface area contributed by atoms with Crippen LogP contribution in [0.1, 0.15) is 56.7 Å². The van der Waals surface area contributed by atoms with Crippen LogP contribution in [-0.4, -0.2) is 9.97 Å². The van der Waals surface area contributed by atoms with Crippen molar-refractivity contribution < 1.29 is 0 Å². The Labute approximate surface area is 113 Å². The van der Waals surface area contributed by atoms with E-state index in [9.17, 15) is 0 Å². The van der Waals surface area contributed by atoms with Crippen molar-refractivity contribution in [2.75, 3.05) is 0 Å². The summed E-state index contributed by atoms with van der Waals surface area (Å²) < 4.78 is 0. The van der Waals surface area contributed by atoms with E-state index < -0.39 is 0 Å². The second kappa shape index (κ2) is 5.31.